The third-order valence-corrected chi connectivity index (χ3v) is 6.34. The number of nitrogens with zero attached hydrogens (tertiary/aromatic N) is 1. The molecule has 1 heterocycles. The Balaban J connectivity index is 1.74. The van der Waals surface area contributed by atoms with Crippen molar-refractivity contribution in [3.05, 3.63) is 34.9 Å². The first-order valence-corrected chi connectivity index (χ1v) is 9.91. The number of halogens is 1. The number of sulfonamides is 1. The maximum Gasteiger partial charge on any atom is 0.223 e. The van der Waals surface area contributed by atoms with E-state index in [0.717, 1.165) is 12.0 Å². The fraction of sp³-hybridized carbons (Fsp3) is 0.562. The Kier molecular flexibility index (Phi) is 6.44. The lowest BCUT2D eigenvalue weighted by Gasteiger charge is -2.30. The summed E-state index contributed by atoms with van der Waals surface area (Å²) < 4.78 is 25.1. The van der Waals surface area contributed by atoms with Crippen LogP contribution in [0.5, 0.6) is 0 Å². The molecule has 0 saturated carbocycles. The molecule has 1 aromatic carbocycles. The molecule has 0 aromatic heterocycles. The SMILES string of the molecule is CCS(=O)(=O)N1CCC(C(=O)NCCc2ccc(Cl)cc2)CC1. The lowest BCUT2D eigenvalue weighted by atomic mass is 9.97. The van der Waals surface area contributed by atoms with Crippen molar-refractivity contribution in [2.75, 3.05) is 25.4 Å². The van der Waals surface area contributed by atoms with E-state index >= 15 is 0 Å². The fourth-order valence-electron chi connectivity index (χ4n) is 2.70. The minimum atomic E-state index is -3.14. The molecule has 5 nitrogen and oxygen atoms in total. The molecule has 7 heteroatoms. The van der Waals surface area contributed by atoms with Crippen LogP contribution < -0.4 is 5.32 Å². The molecule has 0 unspecified atom stereocenters. The molecule has 1 fully saturated rings. The zero-order valence-electron chi connectivity index (χ0n) is 13.3. The Morgan fingerprint density at radius 1 is 1.26 bits per heavy atom. The van der Waals surface area contributed by atoms with Gasteiger partial charge in [0.25, 0.3) is 0 Å². The van der Waals surface area contributed by atoms with Crippen molar-refractivity contribution < 1.29 is 13.2 Å². The minimum absolute atomic E-state index is 0.0208. The van der Waals surface area contributed by atoms with Crippen molar-refractivity contribution >= 4 is 27.5 Å². The summed E-state index contributed by atoms with van der Waals surface area (Å²) in [4.78, 5) is 12.2. The van der Waals surface area contributed by atoms with Crippen molar-refractivity contribution in [1.29, 1.82) is 0 Å². The second-order valence-electron chi connectivity index (χ2n) is 5.74. The number of hydrogen-bond donors (Lipinski definition) is 1. The smallest absolute Gasteiger partial charge is 0.223 e. The molecule has 0 aliphatic carbocycles. The summed E-state index contributed by atoms with van der Waals surface area (Å²) in [5, 5.41) is 3.64. The highest BCUT2D eigenvalue weighted by Crippen LogP contribution is 2.20. The summed E-state index contributed by atoms with van der Waals surface area (Å²) in [6, 6.07) is 7.57. The highest BCUT2D eigenvalue weighted by molar-refractivity contribution is 7.89. The van der Waals surface area contributed by atoms with Gasteiger partial charge in [0.2, 0.25) is 15.9 Å². The molecule has 23 heavy (non-hydrogen) atoms. The zero-order chi connectivity index (χ0) is 16.9. The fourth-order valence-corrected chi connectivity index (χ4v) is 3.96. The molecule has 0 radical (unpaired) electrons. The van der Waals surface area contributed by atoms with Gasteiger partial charge in [0, 0.05) is 30.6 Å². The van der Waals surface area contributed by atoms with Crippen LogP contribution in [0.3, 0.4) is 0 Å². The van der Waals surface area contributed by atoms with Crippen LogP contribution >= 0.6 is 11.6 Å². The van der Waals surface area contributed by atoms with Gasteiger partial charge in [0.05, 0.1) is 5.75 Å². The molecule has 0 atom stereocenters. The number of piperidine rings is 1. The van der Waals surface area contributed by atoms with Gasteiger partial charge in [-0.05, 0) is 43.9 Å². The van der Waals surface area contributed by atoms with Crippen LogP contribution in [0.15, 0.2) is 24.3 Å². The number of amides is 1. The summed E-state index contributed by atoms with van der Waals surface area (Å²) in [5.41, 5.74) is 1.12. The maximum atomic E-state index is 12.2. The first-order valence-electron chi connectivity index (χ1n) is 7.92. The maximum absolute atomic E-state index is 12.2. The molecule has 1 saturated heterocycles. The van der Waals surface area contributed by atoms with E-state index in [1.807, 2.05) is 24.3 Å². The number of rotatable bonds is 6. The molecule has 1 N–H and O–H groups in total. The topological polar surface area (TPSA) is 66.5 Å². The van der Waals surface area contributed by atoms with Gasteiger partial charge in [0.1, 0.15) is 0 Å². The number of benzene rings is 1. The number of nitrogens with one attached hydrogen (secondary N) is 1. The van der Waals surface area contributed by atoms with Crippen LogP contribution in [-0.2, 0) is 21.2 Å². The Hall–Kier alpha value is -1.11. The summed E-state index contributed by atoms with van der Waals surface area (Å²) in [6.07, 6.45) is 1.93. The standard InChI is InChI=1S/C16H23ClN2O3S/c1-2-23(21,22)19-11-8-14(9-12-19)16(20)18-10-7-13-3-5-15(17)6-4-13/h3-6,14H,2,7-12H2,1H3,(H,18,20). The minimum Gasteiger partial charge on any atom is -0.356 e. The van der Waals surface area contributed by atoms with E-state index in [1.54, 1.807) is 6.92 Å². The molecule has 1 aliphatic heterocycles. The molecule has 0 spiro atoms. The van der Waals surface area contributed by atoms with Crippen molar-refractivity contribution in [1.82, 2.24) is 9.62 Å². The normalized spacial score (nSPS) is 17.1. The monoisotopic (exact) mass is 358 g/mol. The third kappa shape index (κ3) is 5.19. The van der Waals surface area contributed by atoms with Crippen molar-refractivity contribution in [2.45, 2.75) is 26.2 Å². The predicted octanol–water partition coefficient (Wildman–Crippen LogP) is 2.06. The number of carbonyl (C=O) groups excluding carboxylic acids is 1. The van der Waals surface area contributed by atoms with Gasteiger partial charge in [-0.2, -0.15) is 0 Å². The van der Waals surface area contributed by atoms with Gasteiger partial charge < -0.3 is 5.32 Å². The highest BCUT2D eigenvalue weighted by atomic mass is 35.5. The van der Waals surface area contributed by atoms with Crippen molar-refractivity contribution in [3.8, 4) is 0 Å². The van der Waals surface area contributed by atoms with Gasteiger partial charge in [0.15, 0.2) is 0 Å². The van der Waals surface area contributed by atoms with Crippen LogP contribution in [0.4, 0.5) is 0 Å². The predicted molar refractivity (Wildman–Crippen MR) is 91.9 cm³/mol. The Bertz CT molecular complexity index is 623. The second-order valence-corrected chi connectivity index (χ2v) is 8.44. The summed E-state index contributed by atoms with van der Waals surface area (Å²) in [7, 11) is -3.14. The highest BCUT2D eigenvalue weighted by Gasteiger charge is 2.29. The molecule has 2 rings (SSSR count). The summed E-state index contributed by atoms with van der Waals surface area (Å²) >= 11 is 5.84. The molecule has 0 bridgehead atoms. The van der Waals surface area contributed by atoms with Crippen LogP contribution in [0.1, 0.15) is 25.3 Å². The van der Waals surface area contributed by atoms with Gasteiger partial charge in [-0.1, -0.05) is 23.7 Å². The molecule has 1 aliphatic rings. The second kappa shape index (κ2) is 8.13. The van der Waals surface area contributed by atoms with E-state index in [4.69, 9.17) is 11.6 Å². The van der Waals surface area contributed by atoms with Gasteiger partial charge in [-0.25, -0.2) is 12.7 Å². The lowest BCUT2D eigenvalue weighted by Crippen LogP contribution is -2.43. The Morgan fingerprint density at radius 3 is 2.43 bits per heavy atom. The first-order chi connectivity index (χ1) is 10.9. The van der Waals surface area contributed by atoms with E-state index in [-0.39, 0.29) is 17.6 Å². The largest absolute Gasteiger partial charge is 0.356 e. The average molecular weight is 359 g/mol. The Morgan fingerprint density at radius 2 is 1.87 bits per heavy atom. The number of hydrogen-bond acceptors (Lipinski definition) is 3. The molecular weight excluding hydrogens is 336 g/mol. The van der Waals surface area contributed by atoms with E-state index in [1.165, 1.54) is 4.31 Å². The number of carbonyl (C=O) groups is 1. The van der Waals surface area contributed by atoms with Gasteiger partial charge in [-0.3, -0.25) is 4.79 Å². The first kappa shape index (κ1) is 18.2. The van der Waals surface area contributed by atoms with Gasteiger partial charge in [-0.15, -0.1) is 0 Å². The molecule has 128 valence electrons. The van der Waals surface area contributed by atoms with E-state index in [9.17, 15) is 13.2 Å². The molecule has 1 aromatic rings. The van der Waals surface area contributed by atoms with E-state index in [0.29, 0.717) is 37.5 Å². The molecule has 1 amide bonds. The zero-order valence-corrected chi connectivity index (χ0v) is 14.9. The van der Waals surface area contributed by atoms with Gasteiger partial charge >= 0.3 is 0 Å². The van der Waals surface area contributed by atoms with Crippen molar-refractivity contribution in [2.24, 2.45) is 5.92 Å². The van der Waals surface area contributed by atoms with E-state index in [2.05, 4.69) is 5.32 Å². The third-order valence-electron chi connectivity index (χ3n) is 4.21. The van der Waals surface area contributed by atoms with Crippen LogP contribution in [0, 0.1) is 5.92 Å². The average Bonchev–Trinajstić information content (AvgIpc) is 2.56. The lowest BCUT2D eigenvalue weighted by molar-refractivity contribution is -0.126. The summed E-state index contributed by atoms with van der Waals surface area (Å²) in [6.45, 7) is 3.09. The Labute approximate surface area is 143 Å². The van der Waals surface area contributed by atoms with Crippen LogP contribution in [0.2, 0.25) is 5.02 Å². The van der Waals surface area contributed by atoms with Crippen molar-refractivity contribution in [3.63, 3.8) is 0 Å². The summed E-state index contributed by atoms with van der Waals surface area (Å²) in [5.74, 6) is 0.0429. The van der Waals surface area contributed by atoms with Crippen LogP contribution in [0.25, 0.3) is 0 Å². The van der Waals surface area contributed by atoms with Crippen LogP contribution in [-0.4, -0.2) is 44.0 Å². The molecular formula is C16H23ClN2O3S. The van der Waals surface area contributed by atoms with E-state index < -0.39 is 10.0 Å². The quantitative estimate of drug-likeness (QED) is 0.846.